The maximum atomic E-state index is 11.8. The number of benzene rings is 1. The summed E-state index contributed by atoms with van der Waals surface area (Å²) in [6.07, 6.45) is 0. The predicted octanol–water partition coefficient (Wildman–Crippen LogP) is 1.95. The summed E-state index contributed by atoms with van der Waals surface area (Å²) in [6, 6.07) is 10.1. The average Bonchev–Trinajstić information content (AvgIpc) is 2.47. The number of ether oxygens (including phenoxy) is 1. The van der Waals surface area contributed by atoms with Crippen LogP contribution in [0, 0.1) is 6.92 Å². The summed E-state index contributed by atoms with van der Waals surface area (Å²) in [4.78, 5) is 23.4. The van der Waals surface area contributed by atoms with Crippen molar-refractivity contribution in [3.05, 3.63) is 52.3 Å². The van der Waals surface area contributed by atoms with Gasteiger partial charge in [0.1, 0.15) is 0 Å². The highest BCUT2D eigenvalue weighted by molar-refractivity contribution is 5.73. The highest BCUT2D eigenvalue weighted by Crippen LogP contribution is 2.20. The third-order valence-corrected chi connectivity index (χ3v) is 3.16. The molecule has 0 N–H and O–H groups in total. The number of rotatable bonds is 3. The van der Waals surface area contributed by atoms with Crippen molar-refractivity contribution in [1.29, 1.82) is 0 Å². The van der Waals surface area contributed by atoms with Crippen LogP contribution in [0.3, 0.4) is 0 Å². The molecule has 0 saturated heterocycles. The predicted molar refractivity (Wildman–Crippen MR) is 75.4 cm³/mol. The lowest BCUT2D eigenvalue weighted by Gasteiger charge is -2.13. The van der Waals surface area contributed by atoms with Crippen LogP contribution >= 0.6 is 0 Å². The molecule has 1 atom stereocenters. The Morgan fingerprint density at radius 3 is 2.60 bits per heavy atom. The maximum absolute atomic E-state index is 11.8. The minimum Gasteiger partial charge on any atom is -0.467 e. The molecule has 1 unspecified atom stereocenters. The second kappa shape index (κ2) is 5.69. The van der Waals surface area contributed by atoms with Gasteiger partial charge in [0, 0.05) is 11.6 Å². The maximum Gasteiger partial charge on any atom is 0.330 e. The van der Waals surface area contributed by atoms with Crippen LogP contribution in [0.5, 0.6) is 0 Å². The molecule has 0 amide bonds. The minimum atomic E-state index is -0.753. The topological polar surface area (TPSA) is 61.2 Å². The fourth-order valence-corrected chi connectivity index (χ4v) is 1.98. The average molecular weight is 272 g/mol. The molecule has 0 saturated carbocycles. The monoisotopic (exact) mass is 272 g/mol. The first-order valence-electron chi connectivity index (χ1n) is 6.28. The highest BCUT2D eigenvalue weighted by Gasteiger charge is 2.18. The van der Waals surface area contributed by atoms with Gasteiger partial charge in [0.2, 0.25) is 0 Å². The molecule has 104 valence electrons. The van der Waals surface area contributed by atoms with E-state index in [2.05, 4.69) is 9.84 Å². The van der Waals surface area contributed by atoms with Crippen molar-refractivity contribution >= 4 is 5.97 Å². The lowest BCUT2D eigenvalue weighted by molar-refractivity contribution is -0.144. The lowest BCUT2D eigenvalue weighted by Crippen LogP contribution is -2.30. The van der Waals surface area contributed by atoms with Gasteiger partial charge in [0.15, 0.2) is 6.04 Å². The molecule has 0 aliphatic rings. The Balaban J connectivity index is 2.52. The van der Waals surface area contributed by atoms with Crippen LogP contribution < -0.4 is 5.56 Å². The molecular formula is C15H16N2O3. The van der Waals surface area contributed by atoms with Crippen LogP contribution in [0.4, 0.5) is 0 Å². The fraction of sp³-hybridized carbons (Fsp3) is 0.267. The van der Waals surface area contributed by atoms with Crippen molar-refractivity contribution in [1.82, 2.24) is 9.78 Å². The lowest BCUT2D eigenvalue weighted by atomic mass is 10.1. The van der Waals surface area contributed by atoms with E-state index in [4.69, 9.17) is 0 Å². The molecule has 0 spiro atoms. The Kier molecular flexibility index (Phi) is 3.98. The second-order valence-electron chi connectivity index (χ2n) is 4.52. The van der Waals surface area contributed by atoms with Crippen LogP contribution in [-0.2, 0) is 9.53 Å². The zero-order chi connectivity index (χ0) is 14.7. The van der Waals surface area contributed by atoms with E-state index < -0.39 is 12.0 Å². The molecule has 5 heteroatoms. The van der Waals surface area contributed by atoms with E-state index >= 15 is 0 Å². The quantitative estimate of drug-likeness (QED) is 0.801. The summed E-state index contributed by atoms with van der Waals surface area (Å²) in [5.41, 5.74) is 2.30. The molecule has 0 aliphatic carbocycles. The van der Waals surface area contributed by atoms with E-state index in [0.29, 0.717) is 5.69 Å². The zero-order valence-electron chi connectivity index (χ0n) is 11.7. The largest absolute Gasteiger partial charge is 0.467 e. The number of aryl methyl sites for hydroxylation is 1. The Labute approximate surface area is 116 Å². The van der Waals surface area contributed by atoms with Crippen molar-refractivity contribution in [2.75, 3.05) is 7.11 Å². The first-order valence-corrected chi connectivity index (χ1v) is 6.28. The van der Waals surface area contributed by atoms with Crippen molar-refractivity contribution in [3.63, 3.8) is 0 Å². The van der Waals surface area contributed by atoms with Gasteiger partial charge in [0.05, 0.1) is 12.8 Å². The summed E-state index contributed by atoms with van der Waals surface area (Å²) >= 11 is 0. The summed E-state index contributed by atoms with van der Waals surface area (Å²) in [5, 5.41) is 4.28. The van der Waals surface area contributed by atoms with Gasteiger partial charge in [-0.2, -0.15) is 5.10 Å². The van der Waals surface area contributed by atoms with Gasteiger partial charge in [-0.3, -0.25) is 4.79 Å². The fourth-order valence-electron chi connectivity index (χ4n) is 1.98. The van der Waals surface area contributed by atoms with E-state index in [-0.39, 0.29) is 5.56 Å². The first kappa shape index (κ1) is 14.0. The van der Waals surface area contributed by atoms with Crippen LogP contribution in [-0.4, -0.2) is 22.9 Å². The van der Waals surface area contributed by atoms with E-state index in [1.165, 1.54) is 13.2 Å². The number of carbonyl (C=O) groups is 1. The molecule has 0 aliphatic heterocycles. The van der Waals surface area contributed by atoms with Gasteiger partial charge < -0.3 is 4.74 Å². The molecule has 0 bridgehead atoms. The van der Waals surface area contributed by atoms with Crippen LogP contribution in [0.2, 0.25) is 0 Å². The van der Waals surface area contributed by atoms with Gasteiger partial charge in [-0.25, -0.2) is 9.48 Å². The number of nitrogens with zero attached hydrogens (tertiary/aromatic N) is 2. The van der Waals surface area contributed by atoms with Crippen LogP contribution in [0.25, 0.3) is 11.3 Å². The SMILES string of the molecule is COC(=O)C(C)n1nc(-c2ccccc2C)ccc1=O. The van der Waals surface area contributed by atoms with E-state index in [9.17, 15) is 9.59 Å². The number of methoxy groups -OCH3 is 1. The summed E-state index contributed by atoms with van der Waals surface area (Å²) in [5.74, 6) is -0.499. The zero-order valence-corrected chi connectivity index (χ0v) is 11.7. The molecule has 1 heterocycles. The number of hydrogen-bond acceptors (Lipinski definition) is 4. The normalized spacial score (nSPS) is 11.9. The number of carbonyl (C=O) groups excluding carboxylic acids is 1. The van der Waals surface area contributed by atoms with Gasteiger partial charge in [-0.15, -0.1) is 0 Å². The second-order valence-corrected chi connectivity index (χ2v) is 4.52. The molecule has 2 aromatic rings. The number of aromatic nitrogens is 2. The Hall–Kier alpha value is -2.43. The molecule has 1 aromatic heterocycles. The van der Waals surface area contributed by atoms with E-state index in [0.717, 1.165) is 15.8 Å². The Morgan fingerprint density at radius 2 is 1.95 bits per heavy atom. The molecule has 0 radical (unpaired) electrons. The summed E-state index contributed by atoms with van der Waals surface area (Å²) < 4.78 is 5.80. The summed E-state index contributed by atoms with van der Waals surface area (Å²) in [6.45, 7) is 3.55. The van der Waals surface area contributed by atoms with Crippen molar-refractivity contribution < 1.29 is 9.53 Å². The van der Waals surface area contributed by atoms with Crippen molar-refractivity contribution in [3.8, 4) is 11.3 Å². The summed E-state index contributed by atoms with van der Waals surface area (Å²) in [7, 11) is 1.29. The minimum absolute atomic E-state index is 0.333. The van der Waals surface area contributed by atoms with Gasteiger partial charge in [-0.1, -0.05) is 24.3 Å². The molecule has 1 aromatic carbocycles. The standard InChI is InChI=1S/C15H16N2O3/c1-10-6-4-5-7-12(10)13-8-9-14(18)17(16-13)11(2)15(19)20-3/h4-9,11H,1-3H3. The van der Waals surface area contributed by atoms with Crippen molar-refractivity contribution in [2.24, 2.45) is 0 Å². The Bertz CT molecular complexity index is 692. The van der Waals surface area contributed by atoms with E-state index in [1.807, 2.05) is 31.2 Å². The third-order valence-electron chi connectivity index (χ3n) is 3.16. The van der Waals surface area contributed by atoms with Crippen LogP contribution in [0.15, 0.2) is 41.2 Å². The van der Waals surface area contributed by atoms with Crippen LogP contribution in [0.1, 0.15) is 18.5 Å². The third kappa shape index (κ3) is 2.61. The van der Waals surface area contributed by atoms with Gasteiger partial charge in [-0.05, 0) is 25.5 Å². The van der Waals surface area contributed by atoms with Gasteiger partial charge >= 0.3 is 5.97 Å². The molecule has 2 rings (SSSR count). The number of hydrogen-bond donors (Lipinski definition) is 0. The highest BCUT2D eigenvalue weighted by atomic mass is 16.5. The van der Waals surface area contributed by atoms with Crippen molar-refractivity contribution in [2.45, 2.75) is 19.9 Å². The molecule has 20 heavy (non-hydrogen) atoms. The Morgan fingerprint density at radius 1 is 1.25 bits per heavy atom. The van der Waals surface area contributed by atoms with Gasteiger partial charge in [0.25, 0.3) is 5.56 Å². The number of esters is 1. The molecule has 0 fully saturated rings. The molecular weight excluding hydrogens is 256 g/mol. The molecule has 5 nitrogen and oxygen atoms in total. The smallest absolute Gasteiger partial charge is 0.330 e. The first-order chi connectivity index (χ1) is 9.54. The van der Waals surface area contributed by atoms with E-state index in [1.54, 1.807) is 13.0 Å².